The van der Waals surface area contributed by atoms with Crippen LogP contribution in [-0.4, -0.2) is 105 Å². The zero-order valence-corrected chi connectivity index (χ0v) is 19.8. The van der Waals surface area contributed by atoms with E-state index in [0.717, 1.165) is 65.0 Å². The van der Waals surface area contributed by atoms with Gasteiger partial charge in [-0.25, -0.2) is 0 Å². The van der Waals surface area contributed by atoms with Crippen LogP contribution in [-0.2, 0) is 16.0 Å². The Morgan fingerprint density at radius 2 is 1.90 bits per heavy atom. The van der Waals surface area contributed by atoms with Gasteiger partial charge in [0.15, 0.2) is 5.96 Å². The number of likely N-dealkylation sites (tertiary alicyclic amines) is 1. The van der Waals surface area contributed by atoms with Crippen LogP contribution in [0.5, 0.6) is 0 Å². The summed E-state index contributed by atoms with van der Waals surface area (Å²) in [5.74, 6) is 0.953. The lowest BCUT2D eigenvalue weighted by Crippen LogP contribution is -2.50. The lowest BCUT2D eigenvalue weighted by Gasteiger charge is -2.36. The minimum atomic E-state index is 0. The lowest BCUT2D eigenvalue weighted by molar-refractivity contribution is -0.0502. The number of hydrogen-bond donors (Lipinski definition) is 1. The first-order valence-electron chi connectivity index (χ1n) is 10.4. The first-order valence-corrected chi connectivity index (χ1v) is 10.4. The molecule has 1 aromatic carbocycles. The molecule has 0 radical (unpaired) electrons. The van der Waals surface area contributed by atoms with Crippen molar-refractivity contribution in [3.63, 3.8) is 0 Å². The maximum absolute atomic E-state index is 6.11. The second kappa shape index (κ2) is 10.9. The fourth-order valence-electron chi connectivity index (χ4n) is 4.47. The van der Waals surface area contributed by atoms with Crippen LogP contribution in [0.25, 0.3) is 0 Å². The molecule has 29 heavy (non-hydrogen) atoms. The summed E-state index contributed by atoms with van der Waals surface area (Å²) in [6.07, 6.45) is 0.458. The molecule has 0 saturated carbocycles. The Morgan fingerprint density at radius 1 is 1.10 bits per heavy atom. The standard InChI is InChI=1S/C21H33N5O2.HI/c1-22-21(23-12-18-14-24(2)8-10-27-18)26-15-19-20(16-26)28-11-9-25(19)13-17-6-4-3-5-7-17;/h3-7,18-20H,8-16H2,1-2H3,(H,22,23);1H. The van der Waals surface area contributed by atoms with E-state index in [1.165, 1.54) is 5.56 Å². The number of ether oxygens (including phenoxy) is 2. The van der Waals surface area contributed by atoms with Crippen LogP contribution >= 0.6 is 24.0 Å². The first-order chi connectivity index (χ1) is 13.7. The molecule has 0 aliphatic carbocycles. The number of likely N-dealkylation sites (N-methyl/N-ethyl adjacent to an activating group) is 1. The van der Waals surface area contributed by atoms with Gasteiger partial charge in [0.25, 0.3) is 0 Å². The molecule has 3 saturated heterocycles. The van der Waals surface area contributed by atoms with Crippen LogP contribution in [0.2, 0.25) is 0 Å². The van der Waals surface area contributed by atoms with Gasteiger partial charge in [0.2, 0.25) is 0 Å². The second-order valence-electron chi connectivity index (χ2n) is 8.02. The topological polar surface area (TPSA) is 52.6 Å². The van der Waals surface area contributed by atoms with Gasteiger partial charge in [-0.05, 0) is 12.6 Å². The van der Waals surface area contributed by atoms with Gasteiger partial charge in [-0.1, -0.05) is 30.3 Å². The van der Waals surface area contributed by atoms with Crippen LogP contribution in [0.15, 0.2) is 35.3 Å². The van der Waals surface area contributed by atoms with Gasteiger partial charge in [0.1, 0.15) is 0 Å². The van der Waals surface area contributed by atoms with E-state index in [2.05, 4.69) is 62.4 Å². The predicted octanol–water partition coefficient (Wildman–Crippen LogP) is 1.10. The maximum Gasteiger partial charge on any atom is 0.193 e. The number of nitrogens with zero attached hydrogens (tertiary/aromatic N) is 4. The summed E-state index contributed by atoms with van der Waals surface area (Å²) < 4.78 is 12.0. The Bertz CT molecular complexity index is 662. The van der Waals surface area contributed by atoms with E-state index in [0.29, 0.717) is 6.04 Å². The zero-order valence-electron chi connectivity index (χ0n) is 17.5. The van der Waals surface area contributed by atoms with Gasteiger partial charge < -0.3 is 24.6 Å². The Morgan fingerprint density at radius 3 is 2.66 bits per heavy atom. The molecule has 8 heteroatoms. The molecule has 0 aromatic heterocycles. The number of guanidine groups is 1. The molecule has 3 aliphatic heterocycles. The largest absolute Gasteiger partial charge is 0.374 e. The predicted molar refractivity (Wildman–Crippen MR) is 126 cm³/mol. The summed E-state index contributed by atoms with van der Waals surface area (Å²) in [7, 11) is 4.01. The Hall–Kier alpha value is -0.940. The maximum atomic E-state index is 6.11. The number of hydrogen-bond acceptors (Lipinski definition) is 5. The number of halogens is 1. The minimum absolute atomic E-state index is 0. The third-order valence-corrected chi connectivity index (χ3v) is 5.99. The third-order valence-electron chi connectivity index (χ3n) is 5.99. The highest BCUT2D eigenvalue weighted by Gasteiger charge is 2.41. The number of rotatable bonds is 4. The molecule has 0 bridgehead atoms. The molecule has 0 spiro atoms. The summed E-state index contributed by atoms with van der Waals surface area (Å²) >= 11 is 0. The average Bonchev–Trinajstić information content (AvgIpc) is 3.14. The molecule has 3 atom stereocenters. The van der Waals surface area contributed by atoms with Crippen molar-refractivity contribution in [3.8, 4) is 0 Å². The summed E-state index contributed by atoms with van der Waals surface area (Å²) in [4.78, 5) is 11.8. The number of aliphatic imine (C=N–C) groups is 1. The zero-order chi connectivity index (χ0) is 19.3. The van der Waals surface area contributed by atoms with Crippen molar-refractivity contribution in [2.75, 3.05) is 66.6 Å². The van der Waals surface area contributed by atoms with Crippen molar-refractivity contribution in [2.45, 2.75) is 24.8 Å². The molecule has 1 aromatic rings. The van der Waals surface area contributed by atoms with Crippen LogP contribution in [0, 0.1) is 0 Å². The molecule has 3 fully saturated rings. The van der Waals surface area contributed by atoms with Crippen molar-refractivity contribution in [3.05, 3.63) is 35.9 Å². The fraction of sp³-hybridized carbons (Fsp3) is 0.667. The van der Waals surface area contributed by atoms with Crippen molar-refractivity contribution in [1.82, 2.24) is 20.0 Å². The van der Waals surface area contributed by atoms with Gasteiger partial charge >= 0.3 is 0 Å². The van der Waals surface area contributed by atoms with Gasteiger partial charge in [0, 0.05) is 52.9 Å². The van der Waals surface area contributed by atoms with Crippen LogP contribution in [0.4, 0.5) is 0 Å². The van der Waals surface area contributed by atoms with Crippen molar-refractivity contribution in [2.24, 2.45) is 4.99 Å². The Labute approximate surface area is 191 Å². The number of fused-ring (bicyclic) bond motifs is 1. The highest BCUT2D eigenvalue weighted by atomic mass is 127. The van der Waals surface area contributed by atoms with Crippen molar-refractivity contribution < 1.29 is 9.47 Å². The van der Waals surface area contributed by atoms with E-state index in [-0.39, 0.29) is 36.2 Å². The second-order valence-corrected chi connectivity index (χ2v) is 8.02. The van der Waals surface area contributed by atoms with Crippen LogP contribution < -0.4 is 5.32 Å². The summed E-state index contributed by atoms with van der Waals surface area (Å²) in [6, 6.07) is 11.1. The summed E-state index contributed by atoms with van der Waals surface area (Å²) in [5.41, 5.74) is 1.36. The minimum Gasteiger partial charge on any atom is -0.374 e. The van der Waals surface area contributed by atoms with E-state index < -0.39 is 0 Å². The molecule has 3 unspecified atom stereocenters. The normalized spacial score (nSPS) is 28.7. The van der Waals surface area contributed by atoms with Gasteiger partial charge in [-0.3, -0.25) is 9.89 Å². The Kier molecular flexibility index (Phi) is 8.55. The third kappa shape index (κ3) is 5.81. The SMILES string of the molecule is CN=C(NCC1CN(C)CCO1)N1CC2OCCN(Cc3ccccc3)C2C1.I. The van der Waals surface area contributed by atoms with Gasteiger partial charge in [-0.2, -0.15) is 0 Å². The molecule has 0 amide bonds. The van der Waals surface area contributed by atoms with Crippen LogP contribution in [0.3, 0.4) is 0 Å². The van der Waals surface area contributed by atoms with Crippen molar-refractivity contribution >= 4 is 29.9 Å². The molecule has 162 valence electrons. The van der Waals surface area contributed by atoms with E-state index >= 15 is 0 Å². The quantitative estimate of drug-likeness (QED) is 0.369. The van der Waals surface area contributed by atoms with E-state index in [4.69, 9.17) is 9.47 Å². The highest BCUT2D eigenvalue weighted by Crippen LogP contribution is 2.24. The molecule has 7 nitrogen and oxygen atoms in total. The summed E-state index contributed by atoms with van der Waals surface area (Å²) in [6.45, 7) is 8.17. The molecule has 4 rings (SSSR count). The first kappa shape index (κ1) is 22.7. The number of benzene rings is 1. The monoisotopic (exact) mass is 515 g/mol. The highest BCUT2D eigenvalue weighted by molar-refractivity contribution is 14.0. The lowest BCUT2D eigenvalue weighted by atomic mass is 10.1. The molecular weight excluding hydrogens is 481 g/mol. The Balaban J connectivity index is 0.00000240. The molecular formula is C21H34IN5O2. The van der Waals surface area contributed by atoms with Gasteiger partial charge in [0.05, 0.1) is 31.5 Å². The number of nitrogens with one attached hydrogen (secondary N) is 1. The van der Waals surface area contributed by atoms with Gasteiger partial charge in [-0.15, -0.1) is 24.0 Å². The molecule has 3 heterocycles. The van der Waals surface area contributed by atoms with Crippen LogP contribution in [0.1, 0.15) is 5.56 Å². The molecule has 3 aliphatic rings. The summed E-state index contributed by atoms with van der Waals surface area (Å²) in [5, 5.41) is 3.53. The smallest absolute Gasteiger partial charge is 0.193 e. The van der Waals surface area contributed by atoms with Crippen molar-refractivity contribution in [1.29, 1.82) is 0 Å². The average molecular weight is 515 g/mol. The molecule has 1 N–H and O–H groups in total. The number of morpholine rings is 2. The van der Waals surface area contributed by atoms with E-state index in [9.17, 15) is 0 Å². The van der Waals surface area contributed by atoms with E-state index in [1.807, 2.05) is 7.05 Å². The van der Waals surface area contributed by atoms with E-state index in [1.54, 1.807) is 0 Å². The fourth-order valence-corrected chi connectivity index (χ4v) is 4.47.